The van der Waals surface area contributed by atoms with Gasteiger partial charge in [0.15, 0.2) is 0 Å². The summed E-state index contributed by atoms with van der Waals surface area (Å²) in [6.45, 7) is -5.21. The van der Waals surface area contributed by atoms with Crippen LogP contribution in [0.25, 0.3) is 0 Å². The number of aromatic nitrogens is 2. The fourth-order valence-electron chi connectivity index (χ4n) is 2.16. The van der Waals surface area contributed by atoms with Gasteiger partial charge in [0.05, 0.1) is 12.7 Å². The SMILES string of the molecule is O=c1ccn([C@@H]2C[C@@H](O)[C@H](COP(O)(=S)OP(=O)(O)OP(=O)(O)O)O2)c(=O)[nH]1. The van der Waals surface area contributed by atoms with Crippen molar-refractivity contribution in [3.63, 3.8) is 0 Å². The van der Waals surface area contributed by atoms with E-state index in [1.54, 1.807) is 0 Å². The van der Waals surface area contributed by atoms with E-state index in [0.29, 0.717) is 0 Å². The smallest absolute Gasteiger partial charge is 0.390 e. The van der Waals surface area contributed by atoms with Crippen LogP contribution < -0.4 is 11.2 Å². The summed E-state index contributed by atoms with van der Waals surface area (Å²) in [4.78, 5) is 60.7. The van der Waals surface area contributed by atoms with Crippen LogP contribution in [0.5, 0.6) is 0 Å². The molecule has 0 amide bonds. The molecule has 0 bridgehead atoms. The van der Waals surface area contributed by atoms with Gasteiger partial charge in [-0.1, -0.05) is 0 Å². The van der Waals surface area contributed by atoms with Crippen molar-refractivity contribution in [3.8, 4) is 0 Å². The lowest BCUT2D eigenvalue weighted by Crippen LogP contribution is -2.31. The lowest BCUT2D eigenvalue weighted by Gasteiger charge is -2.21. The van der Waals surface area contributed by atoms with Crippen LogP contribution in [0, 0.1) is 0 Å². The predicted molar refractivity (Wildman–Crippen MR) is 92.4 cm³/mol. The van der Waals surface area contributed by atoms with E-state index in [4.69, 9.17) is 23.9 Å². The van der Waals surface area contributed by atoms with Crippen molar-refractivity contribution in [2.75, 3.05) is 6.61 Å². The number of nitrogens with zero attached hydrogens (tertiary/aromatic N) is 1. The monoisotopic (exact) mass is 484 g/mol. The molecule has 28 heavy (non-hydrogen) atoms. The zero-order chi connectivity index (χ0) is 21.3. The van der Waals surface area contributed by atoms with Crippen molar-refractivity contribution in [2.24, 2.45) is 0 Å². The highest BCUT2D eigenvalue weighted by atomic mass is 32.5. The average molecular weight is 484 g/mol. The summed E-state index contributed by atoms with van der Waals surface area (Å²) in [5, 5.41) is 9.98. The van der Waals surface area contributed by atoms with E-state index in [1.807, 2.05) is 4.98 Å². The summed E-state index contributed by atoms with van der Waals surface area (Å²) in [5.41, 5.74) is -1.43. The molecule has 0 aromatic carbocycles. The molecule has 1 aliphatic rings. The van der Waals surface area contributed by atoms with E-state index in [-0.39, 0.29) is 6.42 Å². The minimum absolute atomic E-state index is 0.102. The zero-order valence-electron chi connectivity index (χ0n) is 13.5. The number of aromatic amines is 1. The topological polar surface area (TPSA) is 227 Å². The molecule has 1 aromatic heterocycles. The molecule has 0 saturated carbocycles. The van der Waals surface area contributed by atoms with Crippen molar-refractivity contribution >= 4 is 34.2 Å². The van der Waals surface area contributed by atoms with Crippen LogP contribution in [0.2, 0.25) is 0 Å². The number of ether oxygens (including phenoxy) is 1. The molecule has 19 heteroatoms. The minimum Gasteiger partial charge on any atom is -0.390 e. The van der Waals surface area contributed by atoms with Crippen LogP contribution in [0.3, 0.4) is 0 Å². The van der Waals surface area contributed by atoms with Gasteiger partial charge in [-0.25, -0.2) is 18.2 Å². The Hall–Kier alpha value is -0.570. The average Bonchev–Trinajstić information content (AvgIpc) is 2.82. The molecule has 0 aliphatic carbocycles. The van der Waals surface area contributed by atoms with Crippen molar-refractivity contribution in [2.45, 2.75) is 24.9 Å². The first-order valence-electron chi connectivity index (χ1n) is 7.11. The molecule has 2 unspecified atom stereocenters. The Labute approximate surface area is 160 Å². The van der Waals surface area contributed by atoms with Gasteiger partial charge in [0.2, 0.25) is 0 Å². The van der Waals surface area contributed by atoms with Gasteiger partial charge in [0, 0.05) is 18.7 Å². The second-order valence-corrected chi connectivity index (χ2v) is 11.1. The van der Waals surface area contributed by atoms with Crippen molar-refractivity contribution in [3.05, 3.63) is 33.1 Å². The summed E-state index contributed by atoms with van der Waals surface area (Å²) in [6.07, 6.45) is -2.33. The van der Waals surface area contributed by atoms with E-state index in [0.717, 1.165) is 16.8 Å². The maximum Gasteiger partial charge on any atom is 0.488 e. The highest BCUT2D eigenvalue weighted by Gasteiger charge is 2.40. The van der Waals surface area contributed by atoms with Gasteiger partial charge < -0.3 is 33.9 Å². The third-order valence-electron chi connectivity index (χ3n) is 3.18. The molecule has 2 rings (SSSR count). The van der Waals surface area contributed by atoms with Gasteiger partial charge in [0.25, 0.3) is 5.56 Å². The van der Waals surface area contributed by atoms with Gasteiger partial charge >= 0.3 is 28.1 Å². The summed E-state index contributed by atoms with van der Waals surface area (Å²) in [6, 6.07) is 1.06. The van der Waals surface area contributed by atoms with Gasteiger partial charge in [-0.15, -0.1) is 0 Å². The molecule has 6 N–H and O–H groups in total. The fraction of sp³-hybridized carbons (Fsp3) is 0.556. The highest BCUT2D eigenvalue weighted by Crippen LogP contribution is 2.66. The summed E-state index contributed by atoms with van der Waals surface area (Å²) in [7, 11) is -10.9. The number of hydrogen-bond donors (Lipinski definition) is 6. The maximum atomic E-state index is 11.7. The molecule has 1 aliphatic heterocycles. The number of H-pyrrole nitrogens is 1. The Morgan fingerprint density at radius 2 is 1.89 bits per heavy atom. The largest absolute Gasteiger partial charge is 0.488 e. The van der Waals surface area contributed by atoms with Crippen molar-refractivity contribution < 1.29 is 51.7 Å². The molecule has 5 atom stereocenters. The molecule has 0 spiro atoms. The number of hydrogen-bond acceptors (Lipinski definition) is 10. The van der Waals surface area contributed by atoms with E-state index in [9.17, 15) is 28.7 Å². The Morgan fingerprint density at radius 3 is 2.46 bits per heavy atom. The normalized spacial score (nSPS) is 27.2. The molecule has 1 fully saturated rings. The third kappa shape index (κ3) is 7.04. The predicted octanol–water partition coefficient (Wildman–Crippen LogP) is -1.36. The Morgan fingerprint density at radius 1 is 1.25 bits per heavy atom. The fourth-order valence-corrected chi connectivity index (χ4v) is 6.13. The molecule has 2 heterocycles. The molecule has 1 saturated heterocycles. The van der Waals surface area contributed by atoms with Gasteiger partial charge in [-0.05, 0) is 11.8 Å². The standard InChI is InChI=1S/C9H15N2O13P3S/c12-5-3-8(11-2-1-7(13)10-9(11)14)22-6(5)4-21-27(20,28)24-26(18,19)23-25(15,16)17/h1-2,5-6,8,12H,3-4H2,(H,18,19)(H,20,28)(H,10,13,14)(H2,15,16,17)/t5-,6+,8+,27?/m1/s1. The van der Waals surface area contributed by atoms with Crippen LogP contribution in [-0.2, 0) is 38.8 Å². The van der Waals surface area contributed by atoms with Gasteiger partial charge in [-0.3, -0.25) is 14.3 Å². The minimum atomic E-state index is -5.46. The number of phosphoric acid groups is 2. The van der Waals surface area contributed by atoms with Crippen LogP contribution in [0.15, 0.2) is 21.9 Å². The van der Waals surface area contributed by atoms with Crippen LogP contribution in [0.1, 0.15) is 12.6 Å². The Balaban J connectivity index is 1.99. The van der Waals surface area contributed by atoms with Gasteiger partial charge in [0.1, 0.15) is 12.3 Å². The van der Waals surface area contributed by atoms with E-state index in [1.165, 1.54) is 0 Å². The molecule has 1 aromatic rings. The highest BCUT2D eigenvalue weighted by molar-refractivity contribution is 8.08. The first-order valence-corrected chi connectivity index (χ1v) is 12.7. The quantitative estimate of drug-likeness (QED) is 0.234. The van der Waals surface area contributed by atoms with Crippen LogP contribution in [0.4, 0.5) is 0 Å². The van der Waals surface area contributed by atoms with Crippen molar-refractivity contribution in [1.82, 2.24) is 9.55 Å². The third-order valence-corrected chi connectivity index (χ3v) is 7.90. The van der Waals surface area contributed by atoms with Crippen molar-refractivity contribution in [1.29, 1.82) is 0 Å². The van der Waals surface area contributed by atoms with E-state index < -0.39 is 58.7 Å². The van der Waals surface area contributed by atoms with Gasteiger partial charge in [-0.2, -0.15) is 4.31 Å². The number of rotatable bonds is 8. The lowest BCUT2D eigenvalue weighted by molar-refractivity contribution is -0.0426. The van der Waals surface area contributed by atoms with E-state index >= 15 is 0 Å². The molecule has 160 valence electrons. The first kappa shape index (κ1) is 23.7. The maximum absolute atomic E-state index is 11.7. The second-order valence-electron chi connectivity index (χ2n) is 5.34. The molecular weight excluding hydrogens is 469 g/mol. The Kier molecular flexibility index (Phi) is 7.33. The number of aliphatic hydroxyl groups excluding tert-OH is 1. The summed E-state index contributed by atoms with van der Waals surface area (Å²) >= 11 is 4.44. The Bertz CT molecular complexity index is 970. The number of aliphatic hydroxyl groups is 1. The zero-order valence-corrected chi connectivity index (χ0v) is 17.0. The molecule has 0 radical (unpaired) electrons. The second kappa shape index (κ2) is 8.66. The summed E-state index contributed by atoms with van der Waals surface area (Å²) < 4.78 is 40.6. The lowest BCUT2D eigenvalue weighted by atomic mass is 10.2. The summed E-state index contributed by atoms with van der Waals surface area (Å²) in [5.74, 6) is 0. The van der Waals surface area contributed by atoms with E-state index in [2.05, 4.69) is 20.4 Å². The molecule has 15 nitrogen and oxygen atoms in total. The van der Waals surface area contributed by atoms with Crippen LogP contribution in [-0.4, -0.2) is 53.0 Å². The van der Waals surface area contributed by atoms with Crippen LogP contribution >= 0.6 is 22.4 Å². The number of nitrogens with one attached hydrogen (secondary N) is 1. The molecular formula is C9H15N2O13P3S. The first-order chi connectivity index (χ1) is 12.7.